The lowest BCUT2D eigenvalue weighted by atomic mass is 9.89. The lowest BCUT2D eigenvalue weighted by Gasteiger charge is -2.11. The summed E-state index contributed by atoms with van der Waals surface area (Å²) < 4.78 is 6.04. The third kappa shape index (κ3) is 1.97. The molecule has 0 N–H and O–H groups in total. The Kier molecular flexibility index (Phi) is 2.91. The van der Waals surface area contributed by atoms with Crippen LogP contribution in [0.4, 0.5) is 0 Å². The van der Waals surface area contributed by atoms with Crippen LogP contribution in [0.3, 0.4) is 0 Å². The van der Waals surface area contributed by atoms with Crippen molar-refractivity contribution in [2.75, 3.05) is 6.61 Å². The summed E-state index contributed by atoms with van der Waals surface area (Å²) in [5, 5.41) is 0. The molecule has 78 valence electrons. The highest BCUT2D eigenvalue weighted by Crippen LogP contribution is 2.33. The lowest BCUT2D eigenvalue weighted by molar-refractivity contribution is -0.139. The number of carbonyl (C=O) groups excluding carboxylic acids is 1. The molecule has 2 unspecified atom stereocenters. The molecule has 0 bridgehead atoms. The number of rotatable bonds is 2. The number of cyclic esters (lactones) is 1. The average molecular weight is 267 g/mol. The molecule has 0 saturated carbocycles. The molecule has 0 amide bonds. The highest BCUT2D eigenvalue weighted by Gasteiger charge is 2.35. The van der Waals surface area contributed by atoms with Crippen LogP contribution in [-0.2, 0) is 9.53 Å². The molecular formula is C12H11BrO2. The van der Waals surface area contributed by atoms with Crippen molar-refractivity contribution in [2.24, 2.45) is 5.92 Å². The number of benzene rings is 1. The summed E-state index contributed by atoms with van der Waals surface area (Å²) in [5.74, 6) is -0.239. The predicted octanol–water partition coefficient (Wildman–Crippen LogP) is 2.89. The minimum atomic E-state index is -0.185. The first kappa shape index (κ1) is 10.4. The molecule has 1 aliphatic heterocycles. The van der Waals surface area contributed by atoms with Crippen molar-refractivity contribution in [2.45, 2.75) is 5.92 Å². The standard InChI is InChI=1S/C12H11BrO2/c1-2-8-7-15-12(14)11(8)9-3-5-10(13)6-4-9/h2-6,8,11H,1,7H2. The van der Waals surface area contributed by atoms with E-state index in [9.17, 15) is 4.79 Å². The summed E-state index contributed by atoms with van der Waals surface area (Å²) in [5.41, 5.74) is 0.991. The molecule has 0 aromatic heterocycles. The number of hydrogen-bond donors (Lipinski definition) is 0. The van der Waals surface area contributed by atoms with Gasteiger partial charge in [-0.15, -0.1) is 6.58 Å². The fourth-order valence-corrected chi connectivity index (χ4v) is 2.06. The summed E-state index contributed by atoms with van der Waals surface area (Å²) in [6, 6.07) is 7.75. The second-order valence-electron chi connectivity index (χ2n) is 3.56. The molecule has 1 saturated heterocycles. The van der Waals surface area contributed by atoms with Gasteiger partial charge < -0.3 is 4.74 Å². The van der Waals surface area contributed by atoms with E-state index in [1.807, 2.05) is 24.3 Å². The van der Waals surface area contributed by atoms with Crippen molar-refractivity contribution in [3.05, 3.63) is 47.0 Å². The molecule has 1 aromatic carbocycles. The van der Waals surface area contributed by atoms with E-state index in [2.05, 4.69) is 22.5 Å². The zero-order chi connectivity index (χ0) is 10.8. The Bertz CT molecular complexity index is 383. The smallest absolute Gasteiger partial charge is 0.314 e. The van der Waals surface area contributed by atoms with Gasteiger partial charge in [0.15, 0.2) is 0 Å². The molecule has 15 heavy (non-hydrogen) atoms. The van der Waals surface area contributed by atoms with Gasteiger partial charge in [-0.3, -0.25) is 4.79 Å². The maximum atomic E-state index is 11.5. The predicted molar refractivity (Wildman–Crippen MR) is 61.5 cm³/mol. The Labute approximate surface area is 97.1 Å². The molecule has 3 heteroatoms. The first-order valence-corrected chi connectivity index (χ1v) is 5.56. The Morgan fingerprint density at radius 3 is 2.67 bits per heavy atom. The van der Waals surface area contributed by atoms with Gasteiger partial charge in [-0.05, 0) is 17.7 Å². The Morgan fingerprint density at radius 1 is 1.40 bits per heavy atom. The summed E-state index contributed by atoms with van der Waals surface area (Å²) in [7, 11) is 0. The third-order valence-corrected chi connectivity index (χ3v) is 3.16. The van der Waals surface area contributed by atoms with Gasteiger partial charge in [-0.2, -0.15) is 0 Å². The van der Waals surface area contributed by atoms with Crippen molar-refractivity contribution in [3.63, 3.8) is 0 Å². The van der Waals surface area contributed by atoms with Crippen LogP contribution >= 0.6 is 15.9 Å². The highest BCUT2D eigenvalue weighted by molar-refractivity contribution is 9.10. The quantitative estimate of drug-likeness (QED) is 0.608. The molecule has 2 atom stereocenters. The van der Waals surface area contributed by atoms with Gasteiger partial charge in [0, 0.05) is 10.4 Å². The molecule has 0 radical (unpaired) electrons. The maximum Gasteiger partial charge on any atom is 0.314 e. The van der Waals surface area contributed by atoms with Gasteiger partial charge >= 0.3 is 5.97 Å². The van der Waals surface area contributed by atoms with E-state index in [0.29, 0.717) is 6.61 Å². The molecule has 2 rings (SSSR count). The minimum absolute atomic E-state index is 0.0960. The monoisotopic (exact) mass is 266 g/mol. The molecule has 2 nitrogen and oxygen atoms in total. The van der Waals surface area contributed by atoms with Gasteiger partial charge in [0.05, 0.1) is 12.5 Å². The van der Waals surface area contributed by atoms with Gasteiger partial charge in [0.2, 0.25) is 0 Å². The zero-order valence-electron chi connectivity index (χ0n) is 8.15. The number of hydrogen-bond acceptors (Lipinski definition) is 2. The van der Waals surface area contributed by atoms with Crippen molar-refractivity contribution in [1.29, 1.82) is 0 Å². The van der Waals surface area contributed by atoms with Crippen LogP contribution in [0.2, 0.25) is 0 Å². The SMILES string of the molecule is C=CC1COC(=O)C1c1ccc(Br)cc1. The van der Waals surface area contributed by atoms with Crippen molar-refractivity contribution in [3.8, 4) is 0 Å². The third-order valence-electron chi connectivity index (χ3n) is 2.63. The van der Waals surface area contributed by atoms with Crippen LogP contribution in [0.1, 0.15) is 11.5 Å². The molecule has 0 aliphatic carbocycles. The van der Waals surface area contributed by atoms with Crippen LogP contribution < -0.4 is 0 Å². The summed E-state index contributed by atoms with van der Waals surface area (Å²) in [6.07, 6.45) is 1.79. The van der Waals surface area contributed by atoms with E-state index in [0.717, 1.165) is 10.0 Å². The zero-order valence-corrected chi connectivity index (χ0v) is 9.74. The molecule has 1 aliphatic rings. The lowest BCUT2D eigenvalue weighted by Crippen LogP contribution is -2.11. The van der Waals surface area contributed by atoms with E-state index in [-0.39, 0.29) is 17.8 Å². The van der Waals surface area contributed by atoms with Crippen molar-refractivity contribution < 1.29 is 9.53 Å². The fourth-order valence-electron chi connectivity index (χ4n) is 1.80. The van der Waals surface area contributed by atoms with Gasteiger partial charge in [-0.1, -0.05) is 34.1 Å². The topological polar surface area (TPSA) is 26.3 Å². The summed E-state index contributed by atoms with van der Waals surface area (Å²) in [4.78, 5) is 11.5. The van der Waals surface area contributed by atoms with Crippen LogP contribution in [0.15, 0.2) is 41.4 Å². The van der Waals surface area contributed by atoms with Crippen LogP contribution in [0, 0.1) is 5.92 Å². The normalized spacial score (nSPS) is 25.0. The van der Waals surface area contributed by atoms with Gasteiger partial charge in [0.25, 0.3) is 0 Å². The maximum absolute atomic E-state index is 11.5. The number of halogens is 1. The van der Waals surface area contributed by atoms with Crippen molar-refractivity contribution in [1.82, 2.24) is 0 Å². The molecule has 1 heterocycles. The molecular weight excluding hydrogens is 256 g/mol. The number of ether oxygens (including phenoxy) is 1. The van der Waals surface area contributed by atoms with E-state index in [4.69, 9.17) is 4.74 Å². The molecule has 1 aromatic rings. The summed E-state index contributed by atoms with van der Waals surface area (Å²) in [6.45, 7) is 4.18. The first-order valence-electron chi connectivity index (χ1n) is 4.77. The van der Waals surface area contributed by atoms with E-state index < -0.39 is 0 Å². The van der Waals surface area contributed by atoms with Gasteiger partial charge in [-0.25, -0.2) is 0 Å². The van der Waals surface area contributed by atoms with E-state index >= 15 is 0 Å². The Morgan fingerprint density at radius 2 is 2.07 bits per heavy atom. The highest BCUT2D eigenvalue weighted by atomic mass is 79.9. The van der Waals surface area contributed by atoms with Crippen molar-refractivity contribution >= 4 is 21.9 Å². The molecule has 1 fully saturated rings. The Hall–Kier alpha value is -1.09. The van der Waals surface area contributed by atoms with Crippen LogP contribution in [0.25, 0.3) is 0 Å². The van der Waals surface area contributed by atoms with E-state index in [1.165, 1.54) is 0 Å². The molecule has 0 spiro atoms. The minimum Gasteiger partial charge on any atom is -0.465 e. The fraction of sp³-hybridized carbons (Fsp3) is 0.250. The van der Waals surface area contributed by atoms with Gasteiger partial charge in [0.1, 0.15) is 0 Å². The summed E-state index contributed by atoms with van der Waals surface area (Å²) >= 11 is 3.36. The largest absolute Gasteiger partial charge is 0.465 e. The van der Waals surface area contributed by atoms with Crippen LogP contribution in [-0.4, -0.2) is 12.6 Å². The van der Waals surface area contributed by atoms with Crippen LogP contribution in [0.5, 0.6) is 0 Å². The average Bonchev–Trinajstić information content (AvgIpc) is 2.61. The second kappa shape index (κ2) is 4.19. The number of esters is 1. The number of carbonyl (C=O) groups is 1. The first-order chi connectivity index (χ1) is 7.22. The second-order valence-corrected chi connectivity index (χ2v) is 4.47. The van der Waals surface area contributed by atoms with E-state index in [1.54, 1.807) is 6.08 Å². The Balaban J connectivity index is 2.32.